The van der Waals surface area contributed by atoms with Crippen LogP contribution in [0.4, 0.5) is 19.4 Å². The fourth-order valence-corrected chi connectivity index (χ4v) is 4.00. The van der Waals surface area contributed by atoms with Gasteiger partial charge in [0.25, 0.3) is 5.92 Å². The smallest absolute Gasteiger partial charge is 0.320 e. The minimum atomic E-state index is -3.30. The molecule has 0 bridgehead atoms. The zero-order valence-corrected chi connectivity index (χ0v) is 18.1. The minimum absolute atomic E-state index is 0.0538. The van der Waals surface area contributed by atoms with Gasteiger partial charge >= 0.3 is 6.03 Å². The lowest BCUT2D eigenvalue weighted by Gasteiger charge is -2.30. The molecule has 1 aromatic carbocycles. The second-order valence-corrected chi connectivity index (χ2v) is 8.14. The van der Waals surface area contributed by atoms with Crippen LogP contribution in [0.1, 0.15) is 41.2 Å². The summed E-state index contributed by atoms with van der Waals surface area (Å²) in [7, 11) is 0. The maximum absolute atomic E-state index is 13.9. The van der Waals surface area contributed by atoms with E-state index in [0.29, 0.717) is 56.6 Å². The maximum atomic E-state index is 13.9. The summed E-state index contributed by atoms with van der Waals surface area (Å²) in [5.41, 5.74) is 2.02. The first-order valence-electron chi connectivity index (χ1n) is 10.6. The first kappa shape index (κ1) is 22.3. The molecule has 8 nitrogen and oxygen atoms in total. The Kier molecular flexibility index (Phi) is 6.25. The number of benzene rings is 1. The molecule has 1 saturated heterocycles. The number of carbonyl (C=O) groups excluding carboxylic acids is 1. The summed E-state index contributed by atoms with van der Waals surface area (Å²) < 4.78 is 33.2. The summed E-state index contributed by atoms with van der Waals surface area (Å²) in [5, 5.41) is 12.3. The number of rotatable bonds is 5. The molecule has 10 heteroatoms. The number of aliphatic hydroxyl groups excluding tert-OH is 1. The average Bonchev–Trinajstić information content (AvgIpc) is 3.23. The zero-order valence-electron chi connectivity index (χ0n) is 18.1. The van der Waals surface area contributed by atoms with E-state index in [4.69, 9.17) is 9.84 Å². The highest BCUT2D eigenvalue weighted by molar-refractivity contribution is 5.76. The van der Waals surface area contributed by atoms with E-state index < -0.39 is 12.5 Å². The highest BCUT2D eigenvalue weighted by Crippen LogP contribution is 2.32. The molecule has 0 radical (unpaired) electrons. The van der Waals surface area contributed by atoms with Crippen molar-refractivity contribution < 1.29 is 23.4 Å². The number of aromatic nitrogens is 2. The van der Waals surface area contributed by atoms with Crippen LogP contribution in [0.3, 0.4) is 0 Å². The maximum Gasteiger partial charge on any atom is 0.320 e. The number of nitrogens with zero attached hydrogens (tertiary/aromatic N) is 4. The molecule has 1 aromatic heterocycles. The van der Waals surface area contributed by atoms with Crippen molar-refractivity contribution in [2.24, 2.45) is 0 Å². The van der Waals surface area contributed by atoms with Crippen molar-refractivity contribution in [2.45, 2.75) is 38.9 Å². The van der Waals surface area contributed by atoms with E-state index in [-0.39, 0.29) is 17.6 Å². The number of nitrogens with one attached hydrogen (secondary N) is 1. The summed E-state index contributed by atoms with van der Waals surface area (Å²) in [4.78, 5) is 25.5. The second kappa shape index (κ2) is 8.95. The van der Waals surface area contributed by atoms with Crippen molar-refractivity contribution in [3.63, 3.8) is 0 Å². The number of alkyl halides is 2. The first-order chi connectivity index (χ1) is 15.3. The number of urea groups is 1. The Morgan fingerprint density at radius 3 is 2.72 bits per heavy atom. The average molecular weight is 447 g/mol. The number of anilines is 1. The number of carbonyl (C=O) groups is 1. The van der Waals surface area contributed by atoms with E-state index in [1.54, 1.807) is 28.9 Å². The molecule has 172 valence electrons. The van der Waals surface area contributed by atoms with Crippen LogP contribution in [0.25, 0.3) is 0 Å². The van der Waals surface area contributed by atoms with Gasteiger partial charge < -0.3 is 25.0 Å². The molecule has 3 heterocycles. The molecule has 2 amide bonds. The quantitative estimate of drug-likeness (QED) is 0.733. The highest BCUT2D eigenvalue weighted by atomic mass is 19.3. The number of hydrogen-bond acceptors (Lipinski definition) is 6. The first-order valence-corrected chi connectivity index (χ1v) is 10.6. The van der Waals surface area contributed by atoms with Gasteiger partial charge in [-0.2, -0.15) is 8.78 Å². The monoisotopic (exact) mass is 447 g/mol. The Morgan fingerprint density at radius 1 is 1.25 bits per heavy atom. The topological polar surface area (TPSA) is 90.8 Å². The number of fused-ring (bicyclic) bond motifs is 1. The fourth-order valence-electron chi connectivity index (χ4n) is 4.00. The molecule has 1 atom stereocenters. The third kappa shape index (κ3) is 4.51. The normalized spacial score (nSPS) is 17.3. The van der Waals surface area contributed by atoms with Crippen LogP contribution >= 0.6 is 0 Å². The Balaban J connectivity index is 1.53. The summed E-state index contributed by atoms with van der Waals surface area (Å²) >= 11 is 0. The SMILES string of the molecule is Cc1nc2c(c(NC(C)c3cccc(C(F)(F)CO)c3)n1)CN(C(=O)N1CCOCC1)C2. The van der Waals surface area contributed by atoms with E-state index >= 15 is 0 Å². The predicted octanol–water partition coefficient (Wildman–Crippen LogP) is 2.81. The van der Waals surface area contributed by atoms with E-state index in [2.05, 4.69) is 15.3 Å². The molecule has 0 saturated carbocycles. The van der Waals surface area contributed by atoms with Gasteiger partial charge in [0, 0.05) is 30.3 Å². The molecule has 32 heavy (non-hydrogen) atoms. The molecule has 1 unspecified atom stereocenters. The van der Waals surface area contributed by atoms with Gasteiger partial charge in [0.1, 0.15) is 18.2 Å². The summed E-state index contributed by atoms with van der Waals surface area (Å²) in [6.45, 7) is 5.36. The third-order valence-electron chi connectivity index (χ3n) is 5.81. The van der Waals surface area contributed by atoms with Crippen LogP contribution in [0.15, 0.2) is 24.3 Å². The van der Waals surface area contributed by atoms with Crippen molar-refractivity contribution >= 4 is 11.8 Å². The van der Waals surface area contributed by atoms with Crippen LogP contribution in [-0.2, 0) is 23.7 Å². The van der Waals surface area contributed by atoms with Gasteiger partial charge in [0.2, 0.25) is 0 Å². The van der Waals surface area contributed by atoms with Gasteiger partial charge in [0.05, 0.1) is 32.0 Å². The molecule has 2 aliphatic heterocycles. The molecule has 0 aliphatic carbocycles. The molecule has 4 rings (SSSR count). The van der Waals surface area contributed by atoms with Crippen molar-refractivity contribution in [3.05, 3.63) is 52.5 Å². The Bertz CT molecular complexity index is 998. The van der Waals surface area contributed by atoms with Crippen LogP contribution < -0.4 is 5.32 Å². The van der Waals surface area contributed by atoms with Gasteiger partial charge in [-0.15, -0.1) is 0 Å². The summed E-state index contributed by atoms with van der Waals surface area (Å²) in [6.07, 6.45) is 0. The Morgan fingerprint density at radius 2 is 2.00 bits per heavy atom. The van der Waals surface area contributed by atoms with Crippen molar-refractivity contribution in [2.75, 3.05) is 38.2 Å². The van der Waals surface area contributed by atoms with Gasteiger partial charge in [-0.3, -0.25) is 0 Å². The number of morpholine rings is 1. The third-order valence-corrected chi connectivity index (χ3v) is 5.81. The number of aliphatic hydroxyl groups is 1. The lowest BCUT2D eigenvalue weighted by Crippen LogP contribution is -2.46. The summed E-state index contributed by atoms with van der Waals surface area (Å²) in [5.74, 6) is -2.14. The largest absolute Gasteiger partial charge is 0.390 e. The lowest BCUT2D eigenvalue weighted by atomic mass is 10.0. The highest BCUT2D eigenvalue weighted by Gasteiger charge is 2.33. The van der Waals surface area contributed by atoms with Gasteiger partial charge in [-0.25, -0.2) is 14.8 Å². The molecular weight excluding hydrogens is 420 g/mol. The fraction of sp³-hybridized carbons (Fsp3) is 0.500. The van der Waals surface area contributed by atoms with Crippen LogP contribution in [0.2, 0.25) is 0 Å². The molecule has 2 N–H and O–H groups in total. The number of hydrogen-bond donors (Lipinski definition) is 2. The van der Waals surface area contributed by atoms with Crippen molar-refractivity contribution in [1.82, 2.24) is 19.8 Å². The Hall–Kier alpha value is -2.85. The molecule has 2 aliphatic rings. The molecule has 1 fully saturated rings. The van der Waals surface area contributed by atoms with Crippen LogP contribution in [0, 0.1) is 6.92 Å². The second-order valence-electron chi connectivity index (χ2n) is 8.14. The number of halogens is 2. The van der Waals surface area contributed by atoms with E-state index in [1.165, 1.54) is 12.1 Å². The van der Waals surface area contributed by atoms with Crippen LogP contribution in [0.5, 0.6) is 0 Å². The standard InChI is InChI=1S/C22H27F2N5O3/c1-14(16-4-3-5-17(10-16)22(23,24)13-30)25-20-18-11-29(12-19(18)26-15(2)27-20)21(31)28-6-8-32-9-7-28/h3-5,10,14,30H,6-9,11-13H2,1-2H3,(H,25,26,27). The number of amides is 2. The van der Waals surface area contributed by atoms with Crippen LogP contribution in [-0.4, -0.2) is 63.8 Å². The van der Waals surface area contributed by atoms with E-state index in [0.717, 1.165) is 11.3 Å². The van der Waals surface area contributed by atoms with Crippen molar-refractivity contribution in [3.8, 4) is 0 Å². The number of aryl methyl sites for hydroxylation is 1. The van der Waals surface area contributed by atoms with Crippen molar-refractivity contribution in [1.29, 1.82) is 0 Å². The minimum Gasteiger partial charge on any atom is -0.390 e. The van der Waals surface area contributed by atoms with Gasteiger partial charge in [-0.05, 0) is 25.5 Å². The van der Waals surface area contributed by atoms with E-state index in [1.807, 2.05) is 6.92 Å². The van der Waals surface area contributed by atoms with E-state index in [9.17, 15) is 13.6 Å². The van der Waals surface area contributed by atoms with Gasteiger partial charge in [-0.1, -0.05) is 18.2 Å². The lowest BCUT2D eigenvalue weighted by molar-refractivity contribution is -0.0556. The molecule has 2 aromatic rings. The zero-order chi connectivity index (χ0) is 22.9. The Labute approximate surface area is 185 Å². The number of ether oxygens (including phenoxy) is 1. The molecular formula is C22H27F2N5O3. The summed E-state index contributed by atoms with van der Waals surface area (Å²) in [6, 6.07) is 5.60. The predicted molar refractivity (Wildman–Crippen MR) is 113 cm³/mol. The molecule has 0 spiro atoms. The van der Waals surface area contributed by atoms with Gasteiger partial charge in [0.15, 0.2) is 0 Å².